The Morgan fingerprint density at radius 1 is 1.06 bits per heavy atom. The highest BCUT2D eigenvalue weighted by molar-refractivity contribution is 7.22. The second-order valence-electron chi connectivity index (χ2n) is 7.92. The number of hydrogen-bond donors (Lipinski definition) is 0. The van der Waals surface area contributed by atoms with Crippen LogP contribution >= 0.6 is 11.3 Å². The van der Waals surface area contributed by atoms with Gasteiger partial charge in [-0.1, -0.05) is 43.4 Å². The van der Waals surface area contributed by atoms with Crippen molar-refractivity contribution < 1.29 is 14.3 Å². The minimum absolute atomic E-state index is 0.155. The molecular formula is C25H23N3O3S. The largest absolute Gasteiger partial charge is 0.486 e. The molecule has 32 heavy (non-hydrogen) atoms. The average Bonchev–Trinajstić information content (AvgIpc) is 3.26. The van der Waals surface area contributed by atoms with Gasteiger partial charge in [-0.15, -0.1) is 0 Å². The van der Waals surface area contributed by atoms with E-state index in [9.17, 15) is 4.79 Å². The number of anilines is 1. The summed E-state index contributed by atoms with van der Waals surface area (Å²) in [6, 6.07) is 17.2. The van der Waals surface area contributed by atoms with E-state index in [1.165, 1.54) is 16.9 Å². The third kappa shape index (κ3) is 3.91. The molecule has 2 aromatic carbocycles. The standard InChI is InChI=1S/C25H23N3O3S/c1-16(2)19-7-5-8-22-23(19)27-25(32-22)28(15-18-6-3-4-11-26-18)24(29)17-9-10-20-21(14-17)31-13-12-30-20/h3-11,14,16H,12-13,15H2,1-2H3. The number of pyridine rings is 1. The number of aromatic nitrogens is 2. The molecule has 1 amide bonds. The molecule has 1 aliphatic rings. The van der Waals surface area contributed by atoms with Crippen LogP contribution in [0.5, 0.6) is 11.5 Å². The van der Waals surface area contributed by atoms with Crippen molar-refractivity contribution >= 4 is 32.6 Å². The molecule has 0 unspecified atom stereocenters. The topological polar surface area (TPSA) is 64.6 Å². The van der Waals surface area contributed by atoms with E-state index in [0.29, 0.717) is 47.9 Å². The fourth-order valence-corrected chi connectivity index (χ4v) is 4.75. The van der Waals surface area contributed by atoms with E-state index in [4.69, 9.17) is 14.5 Å². The predicted molar refractivity (Wildman–Crippen MR) is 126 cm³/mol. The van der Waals surface area contributed by atoms with Crippen molar-refractivity contribution in [3.63, 3.8) is 0 Å². The summed E-state index contributed by atoms with van der Waals surface area (Å²) >= 11 is 1.52. The van der Waals surface area contributed by atoms with Gasteiger partial charge in [0.2, 0.25) is 0 Å². The Morgan fingerprint density at radius 2 is 1.91 bits per heavy atom. The highest BCUT2D eigenvalue weighted by atomic mass is 32.1. The van der Waals surface area contributed by atoms with Crippen LogP contribution in [-0.2, 0) is 6.54 Å². The first-order valence-corrected chi connectivity index (χ1v) is 11.4. The maximum atomic E-state index is 13.7. The van der Waals surface area contributed by atoms with E-state index in [1.807, 2.05) is 24.3 Å². The highest BCUT2D eigenvalue weighted by Gasteiger charge is 2.25. The minimum Gasteiger partial charge on any atom is -0.486 e. The fourth-order valence-electron chi connectivity index (χ4n) is 3.75. The second-order valence-corrected chi connectivity index (χ2v) is 8.93. The molecule has 0 bridgehead atoms. The van der Waals surface area contributed by atoms with Gasteiger partial charge in [0.15, 0.2) is 16.6 Å². The van der Waals surface area contributed by atoms with Gasteiger partial charge in [0.05, 0.1) is 22.5 Å². The van der Waals surface area contributed by atoms with Crippen LogP contribution in [-0.4, -0.2) is 29.1 Å². The van der Waals surface area contributed by atoms with E-state index < -0.39 is 0 Å². The fraction of sp³-hybridized carbons (Fsp3) is 0.240. The lowest BCUT2D eigenvalue weighted by Crippen LogP contribution is -2.31. The average molecular weight is 446 g/mol. The molecule has 0 atom stereocenters. The number of hydrogen-bond acceptors (Lipinski definition) is 6. The summed E-state index contributed by atoms with van der Waals surface area (Å²) in [6.07, 6.45) is 1.73. The Balaban J connectivity index is 1.57. The number of benzene rings is 2. The molecule has 0 saturated heterocycles. The van der Waals surface area contributed by atoms with Crippen LogP contribution in [0.1, 0.15) is 41.4 Å². The molecule has 0 aliphatic carbocycles. The third-order valence-corrected chi connectivity index (χ3v) is 6.42. The quantitative estimate of drug-likeness (QED) is 0.410. The van der Waals surface area contributed by atoms with Gasteiger partial charge in [-0.05, 0) is 47.9 Å². The smallest absolute Gasteiger partial charge is 0.260 e. The number of carbonyl (C=O) groups excluding carboxylic acids is 1. The van der Waals surface area contributed by atoms with Crippen molar-refractivity contribution in [3.8, 4) is 11.5 Å². The Bertz CT molecular complexity index is 1270. The van der Waals surface area contributed by atoms with E-state index in [1.54, 1.807) is 29.3 Å². The predicted octanol–water partition coefficient (Wildman–Crippen LogP) is 5.43. The van der Waals surface area contributed by atoms with Gasteiger partial charge in [-0.25, -0.2) is 4.98 Å². The van der Waals surface area contributed by atoms with Gasteiger partial charge in [0.1, 0.15) is 13.2 Å². The van der Waals surface area contributed by atoms with Crippen molar-refractivity contribution in [2.75, 3.05) is 18.1 Å². The van der Waals surface area contributed by atoms with Gasteiger partial charge in [-0.2, -0.15) is 0 Å². The number of carbonyl (C=O) groups is 1. The number of para-hydroxylation sites is 1. The summed E-state index contributed by atoms with van der Waals surface area (Å²) in [6.45, 7) is 5.61. The van der Waals surface area contributed by atoms with Gasteiger partial charge in [-0.3, -0.25) is 14.7 Å². The van der Waals surface area contributed by atoms with Gasteiger partial charge >= 0.3 is 0 Å². The summed E-state index contributed by atoms with van der Waals surface area (Å²) < 4.78 is 12.4. The monoisotopic (exact) mass is 445 g/mol. The number of nitrogens with zero attached hydrogens (tertiary/aromatic N) is 3. The van der Waals surface area contributed by atoms with E-state index in [2.05, 4.69) is 31.0 Å². The highest BCUT2D eigenvalue weighted by Crippen LogP contribution is 2.36. The Morgan fingerprint density at radius 3 is 2.69 bits per heavy atom. The van der Waals surface area contributed by atoms with E-state index in [0.717, 1.165) is 15.9 Å². The normalized spacial score (nSPS) is 12.8. The van der Waals surface area contributed by atoms with E-state index in [-0.39, 0.29) is 5.91 Å². The van der Waals surface area contributed by atoms with Crippen LogP contribution in [0, 0.1) is 0 Å². The Labute approximate surface area is 190 Å². The van der Waals surface area contributed by atoms with Crippen LogP contribution in [0.4, 0.5) is 5.13 Å². The summed E-state index contributed by atoms with van der Waals surface area (Å²) in [4.78, 5) is 24.7. The molecule has 1 aliphatic heterocycles. The third-order valence-electron chi connectivity index (χ3n) is 5.37. The van der Waals surface area contributed by atoms with Crippen molar-refractivity contribution in [3.05, 3.63) is 77.6 Å². The lowest BCUT2D eigenvalue weighted by molar-refractivity contribution is 0.0983. The minimum atomic E-state index is -0.155. The van der Waals surface area contributed by atoms with Gasteiger partial charge in [0, 0.05) is 11.8 Å². The van der Waals surface area contributed by atoms with Crippen molar-refractivity contribution in [1.29, 1.82) is 0 Å². The number of amides is 1. The van der Waals surface area contributed by atoms with Gasteiger partial charge < -0.3 is 9.47 Å². The van der Waals surface area contributed by atoms with E-state index >= 15 is 0 Å². The molecule has 0 N–H and O–H groups in total. The summed E-state index contributed by atoms with van der Waals surface area (Å²) in [5.74, 6) is 1.43. The molecule has 2 aromatic heterocycles. The number of fused-ring (bicyclic) bond motifs is 2. The van der Waals surface area contributed by atoms with Crippen molar-refractivity contribution in [2.45, 2.75) is 26.3 Å². The van der Waals surface area contributed by atoms with Crippen LogP contribution in [0.2, 0.25) is 0 Å². The van der Waals surface area contributed by atoms with Crippen LogP contribution < -0.4 is 14.4 Å². The first-order valence-electron chi connectivity index (χ1n) is 10.6. The first kappa shape index (κ1) is 20.5. The Hall–Kier alpha value is -3.45. The number of rotatable bonds is 5. The molecule has 0 fully saturated rings. The van der Waals surface area contributed by atoms with Crippen LogP contribution in [0.15, 0.2) is 60.8 Å². The van der Waals surface area contributed by atoms with Gasteiger partial charge in [0.25, 0.3) is 5.91 Å². The lowest BCUT2D eigenvalue weighted by atomic mass is 10.0. The summed E-state index contributed by atoms with van der Waals surface area (Å²) in [7, 11) is 0. The first-order chi connectivity index (χ1) is 15.6. The lowest BCUT2D eigenvalue weighted by Gasteiger charge is -2.22. The van der Waals surface area contributed by atoms with Crippen molar-refractivity contribution in [1.82, 2.24) is 9.97 Å². The molecule has 3 heterocycles. The molecule has 0 saturated carbocycles. The SMILES string of the molecule is CC(C)c1cccc2sc(N(Cc3ccccn3)C(=O)c3ccc4c(c3)OCCO4)nc12. The zero-order valence-electron chi connectivity index (χ0n) is 17.9. The summed E-state index contributed by atoms with van der Waals surface area (Å²) in [5, 5.41) is 0.652. The molecule has 0 spiro atoms. The maximum Gasteiger partial charge on any atom is 0.260 e. The molecule has 5 rings (SSSR count). The molecule has 162 valence electrons. The van der Waals surface area contributed by atoms with Crippen LogP contribution in [0.3, 0.4) is 0 Å². The zero-order chi connectivity index (χ0) is 22.1. The van der Waals surface area contributed by atoms with Crippen LogP contribution in [0.25, 0.3) is 10.2 Å². The zero-order valence-corrected chi connectivity index (χ0v) is 18.8. The molecule has 0 radical (unpaired) electrons. The Kier molecular flexibility index (Phi) is 5.49. The molecule has 7 heteroatoms. The summed E-state index contributed by atoms with van der Waals surface area (Å²) in [5.41, 5.74) is 3.44. The molecule has 4 aromatic rings. The molecular weight excluding hydrogens is 422 g/mol. The maximum absolute atomic E-state index is 13.7. The second kappa shape index (κ2) is 8.59. The number of thiazole rings is 1. The molecule has 6 nitrogen and oxygen atoms in total. The number of ether oxygens (including phenoxy) is 2. The van der Waals surface area contributed by atoms with Crippen molar-refractivity contribution in [2.24, 2.45) is 0 Å².